The predicted octanol–water partition coefficient (Wildman–Crippen LogP) is 2.43. The van der Waals surface area contributed by atoms with Gasteiger partial charge in [0.25, 0.3) is 0 Å². The van der Waals surface area contributed by atoms with Gasteiger partial charge in [-0.1, -0.05) is 12.1 Å². The van der Waals surface area contributed by atoms with Crippen molar-refractivity contribution in [2.24, 2.45) is 0 Å². The molecule has 0 saturated carbocycles. The molecular formula is C16H21N3O. The van der Waals surface area contributed by atoms with Crippen molar-refractivity contribution in [1.29, 1.82) is 0 Å². The Morgan fingerprint density at radius 3 is 2.85 bits per heavy atom. The van der Waals surface area contributed by atoms with Crippen LogP contribution >= 0.6 is 0 Å². The van der Waals surface area contributed by atoms with Crippen LogP contribution in [0.5, 0.6) is 5.75 Å². The minimum Gasteiger partial charge on any atom is -0.496 e. The van der Waals surface area contributed by atoms with Crippen LogP contribution in [0, 0.1) is 0 Å². The van der Waals surface area contributed by atoms with Crippen LogP contribution in [-0.4, -0.2) is 37.3 Å². The monoisotopic (exact) mass is 271 g/mol. The normalized spacial score (nSPS) is 18.2. The fourth-order valence-electron chi connectivity index (χ4n) is 2.92. The topological polar surface area (TPSA) is 37.4 Å². The molecule has 1 N–H and O–H groups in total. The molecule has 1 aromatic heterocycles. The van der Waals surface area contributed by atoms with Gasteiger partial charge in [-0.25, -0.2) is 4.98 Å². The van der Waals surface area contributed by atoms with E-state index >= 15 is 0 Å². The average Bonchev–Trinajstić information content (AvgIpc) is 2.45. The summed E-state index contributed by atoms with van der Waals surface area (Å²) in [6.07, 6.45) is 1.87. The predicted molar refractivity (Wildman–Crippen MR) is 82.6 cm³/mol. The third kappa shape index (κ3) is 2.31. The van der Waals surface area contributed by atoms with Gasteiger partial charge >= 0.3 is 0 Å². The third-order valence-corrected chi connectivity index (χ3v) is 3.84. The number of benzene rings is 1. The highest BCUT2D eigenvalue weighted by Gasteiger charge is 2.27. The van der Waals surface area contributed by atoms with Crippen molar-refractivity contribution in [3.63, 3.8) is 0 Å². The lowest BCUT2D eigenvalue weighted by atomic mass is 10.0. The Kier molecular flexibility index (Phi) is 3.26. The Morgan fingerprint density at radius 1 is 1.25 bits per heavy atom. The van der Waals surface area contributed by atoms with Gasteiger partial charge in [-0.15, -0.1) is 0 Å². The van der Waals surface area contributed by atoms with E-state index in [0.717, 1.165) is 42.0 Å². The molecule has 0 atom stereocenters. The van der Waals surface area contributed by atoms with E-state index in [0.29, 0.717) is 0 Å². The van der Waals surface area contributed by atoms with Gasteiger partial charge in [-0.05, 0) is 26.0 Å². The third-order valence-electron chi connectivity index (χ3n) is 3.84. The van der Waals surface area contributed by atoms with Crippen molar-refractivity contribution in [2.75, 3.05) is 31.6 Å². The zero-order valence-electron chi connectivity index (χ0n) is 12.3. The molecule has 1 aliphatic rings. The van der Waals surface area contributed by atoms with Crippen LogP contribution < -0.4 is 15.0 Å². The summed E-state index contributed by atoms with van der Waals surface area (Å²) >= 11 is 0. The molecule has 1 fully saturated rings. The summed E-state index contributed by atoms with van der Waals surface area (Å²) in [5.74, 6) is 1.96. The van der Waals surface area contributed by atoms with Crippen LogP contribution in [0.3, 0.4) is 0 Å². The van der Waals surface area contributed by atoms with Gasteiger partial charge in [0, 0.05) is 42.1 Å². The first-order valence-corrected chi connectivity index (χ1v) is 7.02. The second-order valence-corrected chi connectivity index (χ2v) is 5.92. The maximum Gasteiger partial charge on any atom is 0.136 e. The molecule has 4 nitrogen and oxygen atoms in total. The number of hydrogen-bond acceptors (Lipinski definition) is 4. The molecule has 1 saturated heterocycles. The minimum atomic E-state index is 0.112. The van der Waals surface area contributed by atoms with Gasteiger partial charge in [0.15, 0.2) is 0 Å². The minimum absolute atomic E-state index is 0.112. The summed E-state index contributed by atoms with van der Waals surface area (Å²) < 4.78 is 5.45. The summed E-state index contributed by atoms with van der Waals surface area (Å²) in [4.78, 5) is 6.97. The standard InChI is InChI=1S/C16H21N3O/c1-16(2)11-19(10-9-18-16)15-13-5-4-6-14(20-3)12(13)7-8-17-15/h4-8,18H,9-11H2,1-3H3. The van der Waals surface area contributed by atoms with Crippen molar-refractivity contribution in [2.45, 2.75) is 19.4 Å². The lowest BCUT2D eigenvalue weighted by Gasteiger charge is -2.40. The summed E-state index contributed by atoms with van der Waals surface area (Å²) in [5, 5.41) is 5.81. The van der Waals surface area contributed by atoms with Crippen LogP contribution in [0.25, 0.3) is 10.8 Å². The van der Waals surface area contributed by atoms with E-state index in [1.807, 2.05) is 24.4 Å². The van der Waals surface area contributed by atoms with Crippen LogP contribution in [0.15, 0.2) is 30.5 Å². The number of rotatable bonds is 2. The molecule has 0 radical (unpaired) electrons. The summed E-state index contributed by atoms with van der Waals surface area (Å²) in [6.45, 7) is 7.37. The van der Waals surface area contributed by atoms with Gasteiger partial charge in [0.05, 0.1) is 7.11 Å². The van der Waals surface area contributed by atoms with Gasteiger partial charge in [-0.2, -0.15) is 0 Å². The highest BCUT2D eigenvalue weighted by atomic mass is 16.5. The van der Waals surface area contributed by atoms with E-state index in [1.54, 1.807) is 7.11 Å². The molecule has 1 aromatic carbocycles. The van der Waals surface area contributed by atoms with E-state index in [2.05, 4.69) is 35.1 Å². The van der Waals surface area contributed by atoms with Crippen molar-refractivity contribution in [1.82, 2.24) is 10.3 Å². The molecule has 1 aliphatic heterocycles. The molecule has 106 valence electrons. The lowest BCUT2D eigenvalue weighted by Crippen LogP contribution is -2.57. The van der Waals surface area contributed by atoms with E-state index in [4.69, 9.17) is 4.74 Å². The van der Waals surface area contributed by atoms with Crippen LogP contribution in [-0.2, 0) is 0 Å². The Morgan fingerprint density at radius 2 is 2.10 bits per heavy atom. The van der Waals surface area contributed by atoms with Crippen LogP contribution in [0.2, 0.25) is 0 Å². The van der Waals surface area contributed by atoms with E-state index in [1.165, 1.54) is 0 Å². The molecule has 2 heterocycles. The van der Waals surface area contributed by atoms with Crippen molar-refractivity contribution >= 4 is 16.6 Å². The fourth-order valence-corrected chi connectivity index (χ4v) is 2.92. The second kappa shape index (κ2) is 4.94. The summed E-state index contributed by atoms with van der Waals surface area (Å²) in [7, 11) is 1.71. The number of methoxy groups -OCH3 is 1. The molecule has 3 rings (SSSR count). The summed E-state index contributed by atoms with van der Waals surface area (Å²) in [5.41, 5.74) is 0.112. The Bertz CT molecular complexity index is 624. The fraction of sp³-hybridized carbons (Fsp3) is 0.438. The molecule has 0 aliphatic carbocycles. The molecule has 0 spiro atoms. The van der Waals surface area contributed by atoms with Gasteiger partial charge in [-0.3, -0.25) is 0 Å². The van der Waals surface area contributed by atoms with Gasteiger partial charge in [0.2, 0.25) is 0 Å². The number of pyridine rings is 1. The number of aromatic nitrogens is 1. The average molecular weight is 271 g/mol. The molecule has 0 amide bonds. The summed E-state index contributed by atoms with van der Waals surface area (Å²) in [6, 6.07) is 8.16. The smallest absolute Gasteiger partial charge is 0.136 e. The Balaban J connectivity index is 2.08. The second-order valence-electron chi connectivity index (χ2n) is 5.92. The Labute approximate surface area is 119 Å². The Hall–Kier alpha value is -1.81. The first-order chi connectivity index (χ1) is 9.61. The SMILES string of the molecule is COc1cccc2c(N3CCNC(C)(C)C3)nccc12. The molecular weight excluding hydrogens is 250 g/mol. The number of piperazine rings is 1. The number of nitrogens with zero attached hydrogens (tertiary/aromatic N) is 2. The van der Waals surface area contributed by atoms with E-state index < -0.39 is 0 Å². The van der Waals surface area contributed by atoms with Crippen LogP contribution in [0.4, 0.5) is 5.82 Å². The zero-order valence-corrected chi connectivity index (χ0v) is 12.3. The number of fused-ring (bicyclic) bond motifs is 1. The van der Waals surface area contributed by atoms with Crippen LogP contribution in [0.1, 0.15) is 13.8 Å². The first-order valence-electron chi connectivity index (χ1n) is 7.02. The number of anilines is 1. The van der Waals surface area contributed by atoms with E-state index in [9.17, 15) is 0 Å². The van der Waals surface area contributed by atoms with Gasteiger partial charge < -0.3 is 15.0 Å². The number of nitrogens with one attached hydrogen (secondary N) is 1. The molecule has 4 heteroatoms. The lowest BCUT2D eigenvalue weighted by molar-refractivity contribution is 0.352. The van der Waals surface area contributed by atoms with Gasteiger partial charge in [0.1, 0.15) is 11.6 Å². The molecule has 20 heavy (non-hydrogen) atoms. The maximum atomic E-state index is 5.45. The van der Waals surface area contributed by atoms with Crippen molar-refractivity contribution in [3.8, 4) is 5.75 Å². The molecule has 2 aromatic rings. The molecule has 0 bridgehead atoms. The van der Waals surface area contributed by atoms with Crippen molar-refractivity contribution < 1.29 is 4.74 Å². The number of hydrogen-bond donors (Lipinski definition) is 1. The van der Waals surface area contributed by atoms with E-state index in [-0.39, 0.29) is 5.54 Å². The van der Waals surface area contributed by atoms with Crippen molar-refractivity contribution in [3.05, 3.63) is 30.5 Å². The maximum absolute atomic E-state index is 5.45. The molecule has 0 unspecified atom stereocenters. The largest absolute Gasteiger partial charge is 0.496 e. The highest BCUT2D eigenvalue weighted by molar-refractivity contribution is 5.96. The quantitative estimate of drug-likeness (QED) is 0.910. The number of ether oxygens (including phenoxy) is 1. The first kappa shape index (κ1) is 13.2. The highest BCUT2D eigenvalue weighted by Crippen LogP contribution is 2.31. The zero-order chi connectivity index (χ0) is 14.2.